The summed E-state index contributed by atoms with van der Waals surface area (Å²) in [6.07, 6.45) is 0. The van der Waals surface area contributed by atoms with E-state index >= 15 is 0 Å². The average Bonchev–Trinajstić information content (AvgIpc) is 2.92. The van der Waals surface area contributed by atoms with Gasteiger partial charge in [-0.2, -0.15) is 0 Å². The van der Waals surface area contributed by atoms with Gasteiger partial charge in [-0.1, -0.05) is 54.6 Å². The largest absolute Gasteiger partial charge is 0.422 e. The molecule has 2 aromatic heterocycles. The summed E-state index contributed by atoms with van der Waals surface area (Å²) in [7, 11) is 0. The van der Waals surface area contributed by atoms with Crippen LogP contribution in [0.25, 0.3) is 44.2 Å². The second-order valence-electron chi connectivity index (χ2n) is 9.04. The fraction of sp³-hybridized carbons (Fsp3) is 0.0312. The van der Waals surface area contributed by atoms with Crippen LogP contribution in [0.5, 0.6) is 0 Å². The molecule has 6 aromatic rings. The number of hydrogen-bond acceptors (Lipinski definition) is 5. The minimum atomic E-state index is -0.467. The highest BCUT2D eigenvalue weighted by atomic mass is 16.4. The maximum Gasteiger partial charge on any atom is 0.344 e. The highest BCUT2D eigenvalue weighted by Gasteiger charge is 2.14. The van der Waals surface area contributed by atoms with E-state index in [9.17, 15) is 14.4 Å². The fourth-order valence-corrected chi connectivity index (χ4v) is 4.59. The molecular weight excluding hydrogens is 478 g/mol. The number of hydrogen-bond donors (Lipinski definition) is 1. The van der Waals surface area contributed by atoms with Crippen LogP contribution in [0.1, 0.15) is 15.9 Å². The summed E-state index contributed by atoms with van der Waals surface area (Å²) in [5.74, 6) is -0.325. The average molecular weight is 500 g/mol. The van der Waals surface area contributed by atoms with Gasteiger partial charge in [0.2, 0.25) is 0 Å². The lowest BCUT2D eigenvalue weighted by molar-refractivity contribution is 0.102. The first-order chi connectivity index (χ1) is 18.5. The van der Waals surface area contributed by atoms with Crippen LogP contribution in [-0.2, 0) is 0 Å². The van der Waals surface area contributed by atoms with Gasteiger partial charge in [-0.05, 0) is 72.1 Å². The predicted octanol–water partition coefficient (Wildman–Crippen LogP) is 6.79. The van der Waals surface area contributed by atoms with Crippen LogP contribution in [0.3, 0.4) is 0 Å². The lowest BCUT2D eigenvalue weighted by Crippen LogP contribution is -2.12. The lowest BCUT2D eigenvalue weighted by atomic mass is 10.00. The summed E-state index contributed by atoms with van der Waals surface area (Å²) in [4.78, 5) is 38.3. The number of anilines is 1. The van der Waals surface area contributed by atoms with E-state index in [0.29, 0.717) is 39.1 Å². The van der Waals surface area contributed by atoms with Crippen molar-refractivity contribution in [2.24, 2.45) is 0 Å². The standard InChI is InChI=1S/C32H21NO5/c1-19-15-24(13-14-25(19)27-18-22-8-3-5-12-29(22)38-32(27)36)33-30(34)23-10-6-9-20(16-23)26-17-21-7-2-4-11-28(21)37-31(26)35/h2-18H,1H3,(H,33,34). The molecule has 6 heteroatoms. The first-order valence-electron chi connectivity index (χ1n) is 12.0. The molecule has 1 N–H and O–H groups in total. The highest BCUT2D eigenvalue weighted by molar-refractivity contribution is 6.05. The molecule has 0 unspecified atom stereocenters. The van der Waals surface area contributed by atoms with Crippen molar-refractivity contribution in [2.45, 2.75) is 6.92 Å². The Hall–Kier alpha value is -5.23. The minimum Gasteiger partial charge on any atom is -0.422 e. The van der Waals surface area contributed by atoms with E-state index in [1.165, 1.54) is 0 Å². The van der Waals surface area contributed by atoms with Gasteiger partial charge in [0.05, 0.1) is 11.1 Å². The van der Waals surface area contributed by atoms with Gasteiger partial charge in [-0.15, -0.1) is 0 Å². The van der Waals surface area contributed by atoms with Crippen LogP contribution in [0, 0.1) is 6.92 Å². The number of carbonyl (C=O) groups is 1. The molecule has 38 heavy (non-hydrogen) atoms. The van der Waals surface area contributed by atoms with E-state index in [-0.39, 0.29) is 5.91 Å². The van der Waals surface area contributed by atoms with Gasteiger partial charge >= 0.3 is 11.3 Å². The van der Waals surface area contributed by atoms with Crippen molar-refractivity contribution in [1.82, 2.24) is 0 Å². The van der Waals surface area contributed by atoms with E-state index in [1.54, 1.807) is 60.7 Å². The van der Waals surface area contributed by atoms with Gasteiger partial charge < -0.3 is 14.2 Å². The molecule has 0 aliphatic rings. The number of benzene rings is 4. The SMILES string of the molecule is Cc1cc(NC(=O)c2cccc(-c3cc4ccccc4oc3=O)c2)ccc1-c1cc2ccccc2oc1=O. The molecule has 6 rings (SSSR count). The first-order valence-corrected chi connectivity index (χ1v) is 12.0. The molecule has 0 fully saturated rings. The maximum absolute atomic E-state index is 13.1. The second kappa shape index (κ2) is 9.33. The van der Waals surface area contributed by atoms with Crippen molar-refractivity contribution >= 4 is 33.5 Å². The molecule has 0 bridgehead atoms. The monoisotopic (exact) mass is 499 g/mol. The van der Waals surface area contributed by atoms with Gasteiger partial charge in [-0.3, -0.25) is 4.79 Å². The summed E-state index contributed by atoms with van der Waals surface area (Å²) in [5, 5.41) is 4.53. The van der Waals surface area contributed by atoms with E-state index in [2.05, 4.69) is 5.32 Å². The molecule has 0 spiro atoms. The molecule has 0 atom stereocenters. The van der Waals surface area contributed by atoms with Crippen molar-refractivity contribution in [3.8, 4) is 22.3 Å². The van der Waals surface area contributed by atoms with E-state index in [4.69, 9.17) is 8.83 Å². The molecule has 0 aliphatic heterocycles. The van der Waals surface area contributed by atoms with Gasteiger partial charge in [0, 0.05) is 22.0 Å². The number of amides is 1. The van der Waals surface area contributed by atoms with E-state index in [0.717, 1.165) is 21.9 Å². The predicted molar refractivity (Wildman–Crippen MR) is 149 cm³/mol. The zero-order chi connectivity index (χ0) is 26.2. The number of nitrogens with one attached hydrogen (secondary N) is 1. The summed E-state index contributed by atoms with van der Waals surface area (Å²) < 4.78 is 10.9. The summed E-state index contributed by atoms with van der Waals surface area (Å²) >= 11 is 0. The fourth-order valence-electron chi connectivity index (χ4n) is 4.59. The Bertz CT molecular complexity index is 1980. The summed E-state index contributed by atoms with van der Waals surface area (Å²) in [5.41, 5.74) is 4.11. The summed E-state index contributed by atoms with van der Waals surface area (Å²) in [6, 6.07) is 30.4. The quantitative estimate of drug-likeness (QED) is 0.270. The number of aryl methyl sites for hydroxylation is 1. The van der Waals surface area contributed by atoms with Crippen molar-refractivity contribution in [2.75, 3.05) is 5.32 Å². The highest BCUT2D eigenvalue weighted by Crippen LogP contribution is 2.27. The molecule has 0 saturated heterocycles. The van der Waals surface area contributed by atoms with Gasteiger partial charge in [0.1, 0.15) is 11.2 Å². The molecule has 1 amide bonds. The third kappa shape index (κ3) is 4.29. The zero-order valence-electron chi connectivity index (χ0n) is 20.4. The van der Waals surface area contributed by atoms with Crippen LogP contribution in [0.15, 0.2) is 122 Å². The molecular formula is C32H21NO5. The Morgan fingerprint density at radius 1 is 0.632 bits per heavy atom. The molecule has 6 nitrogen and oxygen atoms in total. The third-order valence-electron chi connectivity index (χ3n) is 6.49. The molecule has 184 valence electrons. The van der Waals surface area contributed by atoms with Crippen molar-refractivity contribution in [1.29, 1.82) is 0 Å². The van der Waals surface area contributed by atoms with Crippen LogP contribution in [0.2, 0.25) is 0 Å². The Morgan fingerprint density at radius 3 is 1.95 bits per heavy atom. The Labute approximate surface area is 216 Å². The number of rotatable bonds is 4. The second-order valence-corrected chi connectivity index (χ2v) is 9.04. The molecule has 0 aliphatic carbocycles. The first kappa shape index (κ1) is 23.2. The normalized spacial score (nSPS) is 11.1. The topological polar surface area (TPSA) is 89.5 Å². The van der Waals surface area contributed by atoms with Crippen LogP contribution in [0.4, 0.5) is 5.69 Å². The van der Waals surface area contributed by atoms with Crippen molar-refractivity contribution in [3.05, 3.63) is 135 Å². The molecule has 0 saturated carbocycles. The van der Waals surface area contributed by atoms with E-state index < -0.39 is 11.3 Å². The summed E-state index contributed by atoms with van der Waals surface area (Å²) in [6.45, 7) is 1.87. The molecule has 4 aromatic carbocycles. The van der Waals surface area contributed by atoms with Gasteiger partial charge in [0.15, 0.2) is 0 Å². The van der Waals surface area contributed by atoms with Crippen molar-refractivity contribution < 1.29 is 13.6 Å². The smallest absolute Gasteiger partial charge is 0.344 e. The number of carbonyl (C=O) groups excluding carboxylic acids is 1. The maximum atomic E-state index is 13.1. The molecule has 2 heterocycles. The molecule has 0 radical (unpaired) electrons. The Kier molecular flexibility index (Phi) is 5.69. The van der Waals surface area contributed by atoms with Crippen LogP contribution < -0.4 is 16.6 Å². The zero-order valence-corrected chi connectivity index (χ0v) is 20.4. The Balaban J connectivity index is 1.28. The number of fused-ring (bicyclic) bond motifs is 2. The van der Waals surface area contributed by atoms with Gasteiger partial charge in [0.25, 0.3) is 5.91 Å². The van der Waals surface area contributed by atoms with Crippen LogP contribution in [-0.4, -0.2) is 5.91 Å². The third-order valence-corrected chi connectivity index (χ3v) is 6.49. The number of para-hydroxylation sites is 2. The van der Waals surface area contributed by atoms with Crippen molar-refractivity contribution in [3.63, 3.8) is 0 Å². The van der Waals surface area contributed by atoms with Gasteiger partial charge in [-0.25, -0.2) is 9.59 Å². The minimum absolute atomic E-state index is 0.325. The lowest BCUT2D eigenvalue weighted by Gasteiger charge is -2.11. The Morgan fingerprint density at radius 2 is 1.26 bits per heavy atom. The van der Waals surface area contributed by atoms with E-state index in [1.807, 2.05) is 49.4 Å². The van der Waals surface area contributed by atoms with Crippen LogP contribution >= 0.6 is 0 Å².